The Morgan fingerprint density at radius 1 is 0.580 bits per heavy atom. The van der Waals surface area contributed by atoms with Crippen LogP contribution in [0.25, 0.3) is 78.9 Å². The predicted molar refractivity (Wildman–Crippen MR) is 280 cm³/mol. The molecule has 0 atom stereocenters. The van der Waals surface area contributed by atoms with Crippen LogP contribution in [0.1, 0.15) is 32.5 Å². The van der Waals surface area contributed by atoms with Crippen LogP contribution in [0, 0.1) is 22.7 Å². The molecular weight excluding hydrogens is 899 g/mol. The van der Waals surface area contributed by atoms with E-state index in [1.165, 1.54) is 6.08 Å². The van der Waals surface area contributed by atoms with Gasteiger partial charge in [0, 0.05) is 89.7 Å². The maximum absolute atomic E-state index is 11.7. The van der Waals surface area contributed by atoms with E-state index in [-0.39, 0.29) is 17.8 Å². The van der Waals surface area contributed by atoms with Gasteiger partial charge in [0.25, 0.3) is 6.47 Å². The van der Waals surface area contributed by atoms with Crippen molar-refractivity contribution >= 4 is 110 Å². The number of benzene rings is 5. The monoisotopic (exact) mass is 939 g/mol. The summed E-state index contributed by atoms with van der Waals surface area (Å²) in [5.74, 6) is -0.568. The lowest BCUT2D eigenvalue weighted by Crippen LogP contribution is -2.09. The molecule has 0 fully saturated rings. The number of methoxy groups -OCH3 is 1. The van der Waals surface area contributed by atoms with Gasteiger partial charge in [0.1, 0.15) is 23.5 Å². The number of aromatic nitrogens is 2. The van der Waals surface area contributed by atoms with Crippen LogP contribution >= 0.6 is 22.7 Å². The summed E-state index contributed by atoms with van der Waals surface area (Å²) in [5.41, 5.74) is 8.10. The van der Waals surface area contributed by atoms with Gasteiger partial charge in [-0.3, -0.25) is 4.79 Å². The van der Waals surface area contributed by atoms with Crippen LogP contribution in [0.15, 0.2) is 157 Å². The van der Waals surface area contributed by atoms with Crippen LogP contribution in [0.5, 0.6) is 5.75 Å². The fourth-order valence-corrected chi connectivity index (χ4v) is 10.2. The van der Waals surface area contributed by atoms with Gasteiger partial charge >= 0.3 is 5.97 Å². The summed E-state index contributed by atoms with van der Waals surface area (Å²) in [7, 11) is 5.47. The maximum atomic E-state index is 11.7. The molecule has 0 aliphatic carbocycles. The summed E-state index contributed by atoms with van der Waals surface area (Å²) in [6.45, 7) is 0.259. The number of carboxylic acids is 1. The minimum Gasteiger partial charge on any atom is -0.497 e. The lowest BCUT2D eigenvalue weighted by molar-refractivity contribution is -0.132. The maximum Gasteiger partial charge on any atom is 0.346 e. The summed E-state index contributed by atoms with van der Waals surface area (Å²) >= 11 is 3.37. The zero-order chi connectivity index (χ0) is 48.0. The predicted octanol–water partition coefficient (Wildman–Crippen LogP) is 14.0. The molecule has 0 amide bonds. The third-order valence-corrected chi connectivity index (χ3v) is 14.0. The molecule has 0 aliphatic rings. The highest BCUT2D eigenvalue weighted by molar-refractivity contribution is 7.16. The molecule has 0 bridgehead atoms. The molecule has 336 valence electrons. The van der Waals surface area contributed by atoms with E-state index in [9.17, 15) is 25.2 Å². The second-order valence-electron chi connectivity index (χ2n) is 15.8. The van der Waals surface area contributed by atoms with E-state index in [0.717, 1.165) is 92.1 Å². The van der Waals surface area contributed by atoms with Gasteiger partial charge in [-0.05, 0) is 114 Å². The van der Waals surface area contributed by atoms with Gasteiger partial charge in [-0.2, -0.15) is 10.5 Å². The molecule has 12 heteroatoms. The van der Waals surface area contributed by atoms with E-state index >= 15 is 0 Å². The highest BCUT2D eigenvalue weighted by atomic mass is 32.1. The summed E-state index contributed by atoms with van der Waals surface area (Å²) in [5, 5.41) is 32.2. The molecule has 0 saturated heterocycles. The van der Waals surface area contributed by atoms with Gasteiger partial charge in [0.15, 0.2) is 0 Å². The number of nitrogens with zero attached hydrogens (tertiary/aromatic N) is 5. The van der Waals surface area contributed by atoms with Crippen LogP contribution in [0.2, 0.25) is 0 Å². The Hall–Kier alpha value is -8.94. The van der Waals surface area contributed by atoms with Gasteiger partial charge in [-0.25, -0.2) is 4.79 Å². The van der Waals surface area contributed by atoms with Crippen LogP contribution in [-0.2, 0) is 28.4 Å². The van der Waals surface area contributed by atoms with Crippen molar-refractivity contribution in [2.24, 2.45) is 14.1 Å². The Bertz CT molecular complexity index is 3610. The van der Waals surface area contributed by atoms with E-state index in [1.54, 1.807) is 41.9 Å². The second-order valence-corrected chi connectivity index (χ2v) is 18.0. The number of carbonyl (C=O) groups excluding carboxylic acids is 1. The number of nitriles is 2. The molecule has 5 aromatic carbocycles. The van der Waals surface area contributed by atoms with Crippen LogP contribution in [0.3, 0.4) is 0 Å². The largest absolute Gasteiger partial charge is 0.497 e. The number of hydrogen-bond donors (Lipinski definition) is 1. The van der Waals surface area contributed by atoms with Crippen molar-refractivity contribution in [2.45, 2.75) is 0 Å². The number of carbonyl (C=O) groups is 2. The van der Waals surface area contributed by atoms with Crippen molar-refractivity contribution in [3.8, 4) is 38.8 Å². The molecule has 1 N–H and O–H groups in total. The molecule has 4 heterocycles. The van der Waals surface area contributed by atoms with Crippen LogP contribution in [-0.4, -0.2) is 33.8 Å². The highest BCUT2D eigenvalue weighted by Crippen LogP contribution is 2.40. The molecule has 0 radical (unpaired) electrons. The van der Waals surface area contributed by atoms with Crippen LogP contribution in [0.4, 0.5) is 17.1 Å². The van der Waals surface area contributed by atoms with Crippen molar-refractivity contribution in [1.29, 1.82) is 10.5 Å². The standard InChI is InChI=1S/C57H41N5O5S2/c1-60-51(47-8-4-6-10-49(47)53(60)32-39(34-58)57(64)65)28-24-45-26-30-55(68-45)37-12-16-40(17-13-37)62(42-20-22-43(66-3)23-21-42)41-18-14-38(15-19-41)56-31-27-46(69-56)25-29-52-48-9-5-7-11-50(48)54(61(52)2)33-44(35-59)67-36-63/h4-33,36H,1-3H3,(H,64,65)/b28-24+,29-25+,39-32+,44-33+. The lowest BCUT2D eigenvalue weighted by Gasteiger charge is -2.26. The van der Waals surface area contributed by atoms with E-state index in [1.807, 2.05) is 96.0 Å². The number of hydrogen-bond acceptors (Lipinski definition) is 9. The topological polar surface area (TPSA) is 134 Å². The van der Waals surface area contributed by atoms with E-state index < -0.39 is 5.97 Å². The molecule has 9 aromatic rings. The Morgan fingerprint density at radius 2 is 1.01 bits per heavy atom. The van der Waals surface area contributed by atoms with Crippen molar-refractivity contribution in [3.05, 3.63) is 189 Å². The number of carboxylic acid groups (broad SMARTS) is 1. The Morgan fingerprint density at radius 3 is 1.42 bits per heavy atom. The first-order valence-electron chi connectivity index (χ1n) is 21.6. The molecular formula is C57H41N5O5S2. The van der Waals surface area contributed by atoms with Crippen LogP contribution < -0.4 is 9.64 Å². The molecule has 9 rings (SSSR count). The van der Waals surface area contributed by atoms with E-state index in [2.05, 4.69) is 108 Å². The molecule has 4 aromatic heterocycles. The summed E-state index contributed by atoms with van der Waals surface area (Å²) in [4.78, 5) is 29.2. The molecule has 10 nitrogen and oxygen atoms in total. The van der Waals surface area contributed by atoms with Crippen molar-refractivity contribution < 1.29 is 24.2 Å². The van der Waals surface area contributed by atoms with Crippen molar-refractivity contribution in [3.63, 3.8) is 0 Å². The lowest BCUT2D eigenvalue weighted by atomic mass is 10.1. The average molecular weight is 940 g/mol. The molecule has 0 aliphatic heterocycles. The van der Waals surface area contributed by atoms with Crippen molar-refractivity contribution in [2.75, 3.05) is 12.0 Å². The Labute approximate surface area is 406 Å². The zero-order valence-corrected chi connectivity index (χ0v) is 39.2. The van der Waals surface area contributed by atoms with Gasteiger partial charge in [-0.15, -0.1) is 22.7 Å². The third kappa shape index (κ3) is 9.27. The minimum atomic E-state index is -1.26. The van der Waals surface area contributed by atoms with E-state index in [4.69, 9.17) is 9.47 Å². The first-order chi connectivity index (χ1) is 33.7. The third-order valence-electron chi connectivity index (χ3n) is 11.8. The normalized spacial score (nSPS) is 11.9. The average Bonchev–Trinajstić information content (AvgIpc) is 4.17. The van der Waals surface area contributed by atoms with E-state index in [0.29, 0.717) is 5.69 Å². The second kappa shape index (κ2) is 19.9. The van der Waals surface area contributed by atoms with Gasteiger partial charge < -0.3 is 28.6 Å². The number of allylic oxidation sites excluding steroid dienone is 1. The molecule has 0 spiro atoms. The summed E-state index contributed by atoms with van der Waals surface area (Å²) < 4.78 is 14.3. The number of rotatable bonds is 15. The summed E-state index contributed by atoms with van der Waals surface area (Å²) in [6, 6.07) is 53.1. The first-order valence-corrected chi connectivity index (χ1v) is 23.2. The fraction of sp³-hybridized carbons (Fsp3) is 0.0526. The van der Waals surface area contributed by atoms with Gasteiger partial charge in [-0.1, -0.05) is 72.8 Å². The Balaban J connectivity index is 0.956. The first kappa shape index (κ1) is 45.2. The molecule has 0 saturated carbocycles. The smallest absolute Gasteiger partial charge is 0.346 e. The minimum absolute atomic E-state index is 0.0793. The number of anilines is 3. The number of aliphatic carboxylic acids is 1. The van der Waals surface area contributed by atoms with Gasteiger partial charge in [0.05, 0.1) is 18.5 Å². The number of ether oxygens (including phenoxy) is 2. The number of fused-ring (bicyclic) bond motifs is 2. The SMILES string of the molecule is COc1ccc(N(c2ccc(-c3ccc(/C=C/c4c5ccccc5c(/C=C(\C#N)OC=O)n4C)s3)cc2)c2ccc(-c3ccc(/C=C/c4c5ccccc5c(/C=C(\C#N)C(=O)O)n4C)s3)cc2)cc1. The zero-order valence-electron chi connectivity index (χ0n) is 37.5. The number of thiophene rings is 2. The molecule has 69 heavy (non-hydrogen) atoms. The van der Waals surface area contributed by atoms with Crippen molar-refractivity contribution in [1.82, 2.24) is 9.13 Å². The highest BCUT2D eigenvalue weighted by Gasteiger charge is 2.17. The Kier molecular flexibility index (Phi) is 13.0. The molecule has 0 unspecified atom stereocenters. The quantitative estimate of drug-likeness (QED) is 0.0465. The fourth-order valence-electron chi connectivity index (χ4n) is 8.39. The van der Waals surface area contributed by atoms with Gasteiger partial charge in [0.2, 0.25) is 5.76 Å². The summed E-state index contributed by atoms with van der Waals surface area (Å²) in [6.07, 6.45) is 11.3.